The lowest BCUT2D eigenvalue weighted by atomic mass is 10.3. The molecule has 4 nitrogen and oxygen atoms in total. The molecule has 1 aromatic rings. The van der Waals surface area contributed by atoms with Crippen LogP contribution in [0.1, 0.15) is 13.3 Å². The quantitative estimate of drug-likeness (QED) is 0.274. The van der Waals surface area contributed by atoms with Crippen molar-refractivity contribution >= 4 is 22.5 Å². The van der Waals surface area contributed by atoms with E-state index in [1.807, 2.05) is 6.92 Å². The van der Waals surface area contributed by atoms with E-state index in [2.05, 4.69) is 0 Å². The van der Waals surface area contributed by atoms with Crippen molar-refractivity contribution in [3.63, 3.8) is 0 Å². The summed E-state index contributed by atoms with van der Waals surface area (Å²) in [5.74, 6) is 0. The van der Waals surface area contributed by atoms with Gasteiger partial charge >= 0.3 is 0 Å². The van der Waals surface area contributed by atoms with Gasteiger partial charge in [0, 0.05) is 17.0 Å². The maximum absolute atomic E-state index is 10.3. The van der Waals surface area contributed by atoms with Crippen molar-refractivity contribution < 1.29 is 4.92 Å². The zero-order chi connectivity index (χ0) is 10.6. The number of nitrogens with one attached hydrogen (secondary N) is 1. The molecule has 0 aliphatic carbocycles. The Bertz CT molecular complexity index is 348. The minimum atomic E-state index is -0.431. The highest BCUT2D eigenvalue weighted by molar-refractivity contribution is 8.13. The number of benzene rings is 1. The fraction of sp³-hybridized carbons (Fsp3) is 0.222. The Morgan fingerprint density at radius 2 is 2.07 bits per heavy atom. The Kier molecular flexibility index (Phi) is 3.64. The lowest BCUT2D eigenvalue weighted by molar-refractivity contribution is -0.384. The zero-order valence-corrected chi connectivity index (χ0v) is 8.50. The third-order valence-electron chi connectivity index (χ3n) is 1.61. The predicted molar refractivity (Wildman–Crippen MR) is 57.0 cm³/mol. The Hall–Kier alpha value is -1.36. The SMILES string of the molecule is CCC(=N)Sc1ccc([N+](=O)[O-])cc1. The van der Waals surface area contributed by atoms with Crippen LogP contribution < -0.4 is 0 Å². The third-order valence-corrected chi connectivity index (χ3v) is 2.65. The van der Waals surface area contributed by atoms with E-state index in [0.29, 0.717) is 11.5 Å². The molecule has 0 heterocycles. The lowest BCUT2D eigenvalue weighted by Crippen LogP contribution is -1.88. The second-order valence-corrected chi connectivity index (χ2v) is 3.80. The normalized spacial score (nSPS) is 9.79. The number of non-ortho nitro benzene ring substituents is 1. The monoisotopic (exact) mass is 210 g/mol. The number of thioether (sulfide) groups is 1. The molecule has 0 bridgehead atoms. The number of nitro benzene ring substituents is 1. The Labute approximate surface area is 86.0 Å². The molecule has 0 aliphatic rings. The molecule has 0 atom stereocenters. The van der Waals surface area contributed by atoms with Crippen LogP contribution in [0.5, 0.6) is 0 Å². The van der Waals surface area contributed by atoms with Crippen molar-refractivity contribution in [2.45, 2.75) is 18.2 Å². The van der Waals surface area contributed by atoms with Gasteiger partial charge in [-0.05, 0) is 18.6 Å². The second kappa shape index (κ2) is 4.76. The largest absolute Gasteiger partial charge is 0.298 e. The van der Waals surface area contributed by atoms with Crippen LogP contribution in [0.25, 0.3) is 0 Å². The summed E-state index contributed by atoms with van der Waals surface area (Å²) in [5.41, 5.74) is 0.0809. The predicted octanol–water partition coefficient (Wildman–Crippen LogP) is 3.07. The molecular formula is C9H10N2O2S. The summed E-state index contributed by atoms with van der Waals surface area (Å²) in [5, 5.41) is 18.3. The second-order valence-electron chi connectivity index (χ2n) is 2.63. The highest BCUT2D eigenvalue weighted by Crippen LogP contribution is 2.22. The summed E-state index contributed by atoms with van der Waals surface area (Å²) in [6.07, 6.45) is 0.682. The molecule has 0 saturated heterocycles. The molecule has 1 aromatic carbocycles. The number of hydrogen-bond acceptors (Lipinski definition) is 4. The Balaban J connectivity index is 2.73. The maximum Gasteiger partial charge on any atom is 0.269 e. The number of hydrogen-bond donors (Lipinski definition) is 1. The highest BCUT2D eigenvalue weighted by atomic mass is 32.2. The zero-order valence-electron chi connectivity index (χ0n) is 7.69. The van der Waals surface area contributed by atoms with E-state index >= 15 is 0 Å². The first kappa shape index (κ1) is 10.7. The number of nitro groups is 1. The van der Waals surface area contributed by atoms with Crippen LogP contribution in [-0.4, -0.2) is 9.97 Å². The van der Waals surface area contributed by atoms with Crippen molar-refractivity contribution in [2.24, 2.45) is 0 Å². The molecule has 0 radical (unpaired) electrons. The van der Waals surface area contributed by atoms with Gasteiger partial charge in [-0.3, -0.25) is 15.5 Å². The molecule has 0 unspecified atom stereocenters. The van der Waals surface area contributed by atoms with E-state index in [0.717, 1.165) is 4.90 Å². The molecule has 1 N–H and O–H groups in total. The van der Waals surface area contributed by atoms with Gasteiger partial charge in [0.15, 0.2) is 0 Å². The molecule has 0 saturated carbocycles. The van der Waals surface area contributed by atoms with E-state index in [-0.39, 0.29) is 5.69 Å². The van der Waals surface area contributed by atoms with E-state index in [4.69, 9.17) is 5.41 Å². The van der Waals surface area contributed by atoms with Crippen LogP contribution in [0.2, 0.25) is 0 Å². The molecule has 0 fully saturated rings. The molecule has 74 valence electrons. The van der Waals surface area contributed by atoms with E-state index in [1.165, 1.54) is 23.9 Å². The summed E-state index contributed by atoms with van der Waals surface area (Å²) in [6, 6.07) is 6.22. The van der Waals surface area contributed by atoms with Gasteiger partial charge < -0.3 is 0 Å². The molecule has 0 aliphatic heterocycles. The van der Waals surface area contributed by atoms with Gasteiger partial charge in [-0.25, -0.2) is 0 Å². The van der Waals surface area contributed by atoms with Crippen molar-refractivity contribution in [2.75, 3.05) is 0 Å². The molecule has 0 aromatic heterocycles. The topological polar surface area (TPSA) is 67.0 Å². The first-order chi connectivity index (χ1) is 6.63. The Morgan fingerprint density at radius 1 is 1.50 bits per heavy atom. The van der Waals surface area contributed by atoms with Gasteiger partial charge in [0.1, 0.15) is 0 Å². The van der Waals surface area contributed by atoms with Crippen LogP contribution in [0.4, 0.5) is 5.69 Å². The molecule has 1 rings (SSSR count). The van der Waals surface area contributed by atoms with Crippen LogP contribution in [0, 0.1) is 15.5 Å². The van der Waals surface area contributed by atoms with Gasteiger partial charge in [-0.1, -0.05) is 18.7 Å². The van der Waals surface area contributed by atoms with Crippen LogP contribution in [0.3, 0.4) is 0 Å². The van der Waals surface area contributed by atoms with E-state index in [1.54, 1.807) is 12.1 Å². The van der Waals surface area contributed by atoms with Crippen molar-refractivity contribution in [1.29, 1.82) is 5.41 Å². The van der Waals surface area contributed by atoms with Crippen molar-refractivity contribution in [1.82, 2.24) is 0 Å². The molecule has 5 heteroatoms. The standard InChI is InChI=1S/C9H10N2O2S/c1-2-9(10)14-8-5-3-7(4-6-8)11(12)13/h3-6,10H,2H2,1H3. The molecule has 14 heavy (non-hydrogen) atoms. The fourth-order valence-electron chi connectivity index (χ4n) is 0.850. The Morgan fingerprint density at radius 3 is 2.50 bits per heavy atom. The van der Waals surface area contributed by atoms with E-state index < -0.39 is 4.92 Å². The molecule has 0 spiro atoms. The van der Waals surface area contributed by atoms with Crippen LogP contribution in [-0.2, 0) is 0 Å². The van der Waals surface area contributed by atoms with Gasteiger partial charge in [-0.2, -0.15) is 0 Å². The average Bonchev–Trinajstić information content (AvgIpc) is 2.18. The number of rotatable bonds is 3. The lowest BCUT2D eigenvalue weighted by Gasteiger charge is -1.99. The summed E-state index contributed by atoms with van der Waals surface area (Å²) in [7, 11) is 0. The first-order valence-electron chi connectivity index (χ1n) is 4.13. The summed E-state index contributed by atoms with van der Waals surface area (Å²) in [4.78, 5) is 10.8. The third kappa shape index (κ3) is 2.85. The maximum atomic E-state index is 10.3. The number of nitrogens with zero attached hydrogens (tertiary/aromatic N) is 1. The average molecular weight is 210 g/mol. The summed E-state index contributed by atoms with van der Waals surface area (Å²) in [6.45, 7) is 1.90. The van der Waals surface area contributed by atoms with Crippen LogP contribution >= 0.6 is 11.8 Å². The summed E-state index contributed by atoms with van der Waals surface area (Å²) >= 11 is 1.32. The van der Waals surface area contributed by atoms with Crippen molar-refractivity contribution in [3.8, 4) is 0 Å². The van der Waals surface area contributed by atoms with Crippen LogP contribution in [0.15, 0.2) is 29.2 Å². The molecule has 0 amide bonds. The van der Waals surface area contributed by atoms with Gasteiger partial charge in [0.25, 0.3) is 5.69 Å². The highest BCUT2D eigenvalue weighted by Gasteiger charge is 2.04. The van der Waals surface area contributed by atoms with E-state index in [9.17, 15) is 10.1 Å². The smallest absolute Gasteiger partial charge is 0.269 e. The fourth-order valence-corrected chi connectivity index (χ4v) is 1.55. The minimum absolute atomic E-state index is 0.0809. The molecular weight excluding hydrogens is 200 g/mol. The van der Waals surface area contributed by atoms with Gasteiger partial charge in [0.05, 0.1) is 9.97 Å². The first-order valence-corrected chi connectivity index (χ1v) is 4.95. The summed E-state index contributed by atoms with van der Waals surface area (Å²) < 4.78 is 0. The van der Waals surface area contributed by atoms with Gasteiger partial charge in [0.2, 0.25) is 0 Å². The van der Waals surface area contributed by atoms with Gasteiger partial charge in [-0.15, -0.1) is 0 Å². The van der Waals surface area contributed by atoms with Crippen molar-refractivity contribution in [3.05, 3.63) is 34.4 Å². The minimum Gasteiger partial charge on any atom is -0.298 e.